The van der Waals surface area contributed by atoms with Crippen LogP contribution in [-0.4, -0.2) is 42.8 Å². The first kappa shape index (κ1) is 18.0. The normalized spacial score (nSPS) is 13.3. The number of carbonyl (C=O) groups excluding carboxylic acids is 2. The van der Waals surface area contributed by atoms with Crippen LogP contribution in [0.2, 0.25) is 0 Å². The van der Waals surface area contributed by atoms with Gasteiger partial charge in [0, 0.05) is 43.0 Å². The lowest BCUT2D eigenvalue weighted by molar-refractivity contribution is -0.133. The quantitative estimate of drug-likeness (QED) is 0.750. The molecule has 0 saturated heterocycles. The Labute approximate surface area is 162 Å². The van der Waals surface area contributed by atoms with Gasteiger partial charge in [-0.25, -0.2) is 0 Å². The number of carbonyl (C=O) groups is 2. The summed E-state index contributed by atoms with van der Waals surface area (Å²) in [6, 6.07) is 10.9. The number of anilines is 1. The molecule has 3 heterocycles. The largest absolute Gasteiger partial charge is 0.336 e. The van der Waals surface area contributed by atoms with Gasteiger partial charge in [0.1, 0.15) is 6.54 Å². The van der Waals surface area contributed by atoms with Gasteiger partial charge in [-0.2, -0.15) is 10.2 Å². The van der Waals surface area contributed by atoms with Crippen molar-refractivity contribution in [3.63, 3.8) is 0 Å². The van der Waals surface area contributed by atoms with Gasteiger partial charge in [-0.1, -0.05) is 18.2 Å². The summed E-state index contributed by atoms with van der Waals surface area (Å²) in [5.41, 5.74) is 3.39. The maximum Gasteiger partial charge on any atom is 0.256 e. The molecule has 2 amide bonds. The number of benzene rings is 1. The predicted molar refractivity (Wildman–Crippen MR) is 104 cm³/mol. The Balaban J connectivity index is 1.51. The third-order valence-corrected chi connectivity index (χ3v) is 4.93. The van der Waals surface area contributed by atoms with Crippen molar-refractivity contribution in [3.8, 4) is 0 Å². The predicted octanol–water partition coefficient (Wildman–Crippen LogP) is 1.76. The first-order valence-corrected chi connectivity index (χ1v) is 9.20. The topological polar surface area (TPSA) is 85.0 Å². The number of nitrogens with zero attached hydrogens (tertiary/aromatic N) is 5. The molecule has 1 aliphatic rings. The van der Waals surface area contributed by atoms with Crippen molar-refractivity contribution in [1.29, 1.82) is 0 Å². The van der Waals surface area contributed by atoms with Crippen molar-refractivity contribution >= 4 is 17.6 Å². The van der Waals surface area contributed by atoms with Crippen molar-refractivity contribution < 1.29 is 9.59 Å². The Hall–Kier alpha value is -3.42. The highest BCUT2D eigenvalue weighted by atomic mass is 16.2. The smallest absolute Gasteiger partial charge is 0.256 e. The van der Waals surface area contributed by atoms with E-state index in [1.54, 1.807) is 32.6 Å². The van der Waals surface area contributed by atoms with Gasteiger partial charge in [-0.15, -0.1) is 0 Å². The SMILES string of the molecule is Cc1ccn(CC(=O)N2CCc3c(c(NC(=O)c4ccccc4)nn3C)C2)n1. The molecule has 0 aliphatic carbocycles. The molecule has 0 saturated carbocycles. The van der Waals surface area contributed by atoms with Gasteiger partial charge in [0.2, 0.25) is 5.91 Å². The maximum atomic E-state index is 12.7. The molecular formula is C20H22N6O2. The number of rotatable bonds is 4. The number of hydrogen-bond donors (Lipinski definition) is 1. The summed E-state index contributed by atoms with van der Waals surface area (Å²) < 4.78 is 3.43. The fraction of sp³-hybridized carbons (Fsp3) is 0.300. The van der Waals surface area contributed by atoms with Crippen LogP contribution in [0.1, 0.15) is 27.3 Å². The van der Waals surface area contributed by atoms with E-state index in [0.29, 0.717) is 30.9 Å². The molecule has 1 aliphatic heterocycles. The van der Waals surface area contributed by atoms with Crippen molar-refractivity contribution in [3.05, 3.63) is 65.1 Å². The van der Waals surface area contributed by atoms with E-state index in [-0.39, 0.29) is 18.4 Å². The molecule has 0 bridgehead atoms. The molecule has 8 heteroatoms. The molecule has 1 aromatic carbocycles. The monoisotopic (exact) mass is 378 g/mol. The summed E-state index contributed by atoms with van der Waals surface area (Å²) in [4.78, 5) is 27.0. The number of nitrogens with one attached hydrogen (secondary N) is 1. The summed E-state index contributed by atoms with van der Waals surface area (Å²) in [7, 11) is 1.86. The molecule has 28 heavy (non-hydrogen) atoms. The van der Waals surface area contributed by atoms with Gasteiger partial charge in [-0.05, 0) is 25.1 Å². The Bertz CT molecular complexity index is 1020. The summed E-state index contributed by atoms with van der Waals surface area (Å²) in [6.07, 6.45) is 2.50. The molecule has 0 spiro atoms. The van der Waals surface area contributed by atoms with E-state index in [1.807, 2.05) is 38.2 Å². The fourth-order valence-corrected chi connectivity index (χ4v) is 3.46. The van der Waals surface area contributed by atoms with Gasteiger partial charge in [0.15, 0.2) is 5.82 Å². The summed E-state index contributed by atoms with van der Waals surface area (Å²) in [5.74, 6) is 0.300. The van der Waals surface area contributed by atoms with E-state index in [2.05, 4.69) is 15.5 Å². The minimum Gasteiger partial charge on any atom is -0.336 e. The third-order valence-electron chi connectivity index (χ3n) is 4.93. The minimum atomic E-state index is -0.211. The molecule has 144 valence electrons. The maximum absolute atomic E-state index is 12.7. The van der Waals surface area contributed by atoms with Gasteiger partial charge in [0.25, 0.3) is 5.91 Å². The Morgan fingerprint density at radius 2 is 1.93 bits per heavy atom. The van der Waals surface area contributed by atoms with E-state index in [9.17, 15) is 9.59 Å². The van der Waals surface area contributed by atoms with Crippen LogP contribution in [0.5, 0.6) is 0 Å². The summed E-state index contributed by atoms with van der Waals surface area (Å²) in [5, 5.41) is 11.6. The van der Waals surface area contributed by atoms with E-state index < -0.39 is 0 Å². The molecular weight excluding hydrogens is 356 g/mol. The number of aromatic nitrogens is 4. The van der Waals surface area contributed by atoms with Crippen LogP contribution in [-0.2, 0) is 31.4 Å². The lowest BCUT2D eigenvalue weighted by atomic mass is 10.1. The zero-order chi connectivity index (χ0) is 19.7. The molecule has 4 rings (SSSR count). The second-order valence-electron chi connectivity index (χ2n) is 6.94. The molecule has 1 N–H and O–H groups in total. The van der Waals surface area contributed by atoms with E-state index >= 15 is 0 Å². The highest BCUT2D eigenvalue weighted by Crippen LogP contribution is 2.26. The first-order valence-electron chi connectivity index (χ1n) is 9.20. The highest BCUT2D eigenvalue weighted by Gasteiger charge is 2.27. The molecule has 0 atom stereocenters. The first-order chi connectivity index (χ1) is 13.5. The standard InChI is InChI=1S/C20H22N6O2/c1-14-8-11-26(22-14)13-18(27)25-10-9-17-16(12-25)19(23-24(17)2)21-20(28)15-6-4-3-5-7-15/h3-8,11H,9-10,12-13H2,1-2H3,(H,21,23,28). The summed E-state index contributed by atoms with van der Waals surface area (Å²) >= 11 is 0. The molecule has 0 unspecified atom stereocenters. The molecule has 2 aromatic heterocycles. The number of fused-ring (bicyclic) bond motifs is 1. The van der Waals surface area contributed by atoms with Crippen molar-refractivity contribution in [2.45, 2.75) is 26.4 Å². The van der Waals surface area contributed by atoms with Gasteiger partial charge >= 0.3 is 0 Å². The lowest BCUT2D eigenvalue weighted by Crippen LogP contribution is -2.38. The number of aryl methyl sites for hydroxylation is 2. The molecule has 0 fully saturated rings. The van der Waals surface area contributed by atoms with Gasteiger partial charge < -0.3 is 10.2 Å². The van der Waals surface area contributed by atoms with Crippen molar-refractivity contribution in [2.24, 2.45) is 7.05 Å². The van der Waals surface area contributed by atoms with Crippen LogP contribution in [0.15, 0.2) is 42.6 Å². The average molecular weight is 378 g/mol. The Morgan fingerprint density at radius 1 is 1.14 bits per heavy atom. The molecule has 8 nitrogen and oxygen atoms in total. The highest BCUT2D eigenvalue weighted by molar-refractivity contribution is 6.04. The third kappa shape index (κ3) is 3.53. The zero-order valence-electron chi connectivity index (χ0n) is 15.9. The van der Waals surface area contributed by atoms with Crippen LogP contribution < -0.4 is 5.32 Å². The van der Waals surface area contributed by atoms with Crippen LogP contribution >= 0.6 is 0 Å². The van der Waals surface area contributed by atoms with E-state index in [4.69, 9.17) is 0 Å². The molecule has 0 radical (unpaired) electrons. The lowest BCUT2D eigenvalue weighted by Gasteiger charge is -2.27. The fourth-order valence-electron chi connectivity index (χ4n) is 3.46. The Kier molecular flexibility index (Phi) is 4.68. The van der Waals surface area contributed by atoms with Crippen LogP contribution in [0, 0.1) is 6.92 Å². The van der Waals surface area contributed by atoms with Crippen LogP contribution in [0.3, 0.4) is 0 Å². The van der Waals surface area contributed by atoms with Gasteiger partial charge in [0.05, 0.1) is 12.2 Å². The van der Waals surface area contributed by atoms with E-state index in [1.165, 1.54) is 0 Å². The van der Waals surface area contributed by atoms with Gasteiger partial charge in [-0.3, -0.25) is 19.0 Å². The Morgan fingerprint density at radius 3 is 2.64 bits per heavy atom. The zero-order valence-corrected chi connectivity index (χ0v) is 15.9. The second-order valence-corrected chi connectivity index (χ2v) is 6.94. The minimum absolute atomic E-state index is 0.00191. The van der Waals surface area contributed by atoms with Crippen LogP contribution in [0.4, 0.5) is 5.82 Å². The van der Waals surface area contributed by atoms with Crippen molar-refractivity contribution in [1.82, 2.24) is 24.5 Å². The average Bonchev–Trinajstić information content (AvgIpc) is 3.25. The van der Waals surface area contributed by atoms with Crippen molar-refractivity contribution in [2.75, 3.05) is 11.9 Å². The van der Waals surface area contributed by atoms with E-state index in [0.717, 1.165) is 17.0 Å². The van der Waals surface area contributed by atoms with Crippen LogP contribution in [0.25, 0.3) is 0 Å². The number of amides is 2. The number of hydrogen-bond acceptors (Lipinski definition) is 4. The second kappa shape index (κ2) is 7.30. The summed E-state index contributed by atoms with van der Waals surface area (Å²) in [6.45, 7) is 3.14. The molecule has 3 aromatic rings.